The van der Waals surface area contributed by atoms with Crippen molar-refractivity contribution in [2.24, 2.45) is 11.8 Å². The van der Waals surface area contributed by atoms with E-state index in [4.69, 9.17) is 14.6 Å². The van der Waals surface area contributed by atoms with Gasteiger partial charge in [-0.3, -0.25) is 9.59 Å². The maximum Gasteiger partial charge on any atom is 0.309 e. The number of hydrogen-bond acceptors (Lipinski definition) is 5. The minimum absolute atomic E-state index is 0.000853. The van der Waals surface area contributed by atoms with Gasteiger partial charge in [0.1, 0.15) is 19.0 Å². The Balaban J connectivity index is 1.66. The van der Waals surface area contributed by atoms with Crippen LogP contribution in [0.4, 0.5) is 0 Å². The van der Waals surface area contributed by atoms with Gasteiger partial charge in [-0.1, -0.05) is 115 Å². The van der Waals surface area contributed by atoms with Crippen molar-refractivity contribution in [1.82, 2.24) is 4.90 Å². The molecule has 47 heavy (non-hydrogen) atoms. The molecule has 0 spiro atoms. The molecule has 4 rings (SSSR count). The molecule has 0 fully saturated rings. The molecule has 244 valence electrons. The normalized spacial score (nSPS) is 12.7. The topological polar surface area (TPSA) is 76.1 Å². The summed E-state index contributed by atoms with van der Waals surface area (Å²) in [6, 6.07) is 36.5. The molecule has 0 bridgehead atoms. The first-order valence-electron chi connectivity index (χ1n) is 16.2. The van der Waals surface area contributed by atoms with Crippen LogP contribution in [0.15, 0.2) is 141 Å². The summed E-state index contributed by atoms with van der Waals surface area (Å²) in [5, 5.41) is 9.14. The van der Waals surface area contributed by atoms with Crippen LogP contribution in [-0.4, -0.2) is 41.7 Å². The lowest BCUT2D eigenvalue weighted by Gasteiger charge is -2.35. The number of aliphatic hydroxyl groups is 1. The Kier molecular flexibility index (Phi) is 14.0. The smallest absolute Gasteiger partial charge is 0.309 e. The maximum atomic E-state index is 14.7. The molecule has 4 aromatic rings. The highest BCUT2D eigenvalue weighted by Crippen LogP contribution is 2.29. The van der Waals surface area contributed by atoms with Crippen LogP contribution in [-0.2, 0) is 33.7 Å². The summed E-state index contributed by atoms with van der Waals surface area (Å²) in [6.07, 6.45) is 5.60. The van der Waals surface area contributed by atoms with Crippen LogP contribution in [0.25, 0.3) is 0 Å². The van der Waals surface area contributed by atoms with Crippen LogP contribution in [0.5, 0.6) is 5.75 Å². The van der Waals surface area contributed by atoms with E-state index in [0.717, 1.165) is 22.3 Å². The maximum absolute atomic E-state index is 14.7. The first-order chi connectivity index (χ1) is 23.0. The number of rotatable bonds is 19. The number of nitrogens with zero attached hydrogens (tertiary/aromatic N) is 1. The highest BCUT2D eigenvalue weighted by atomic mass is 16.5. The molecule has 0 aliphatic heterocycles. The number of carbonyl (C=O) groups is 2. The zero-order valence-corrected chi connectivity index (χ0v) is 27.0. The van der Waals surface area contributed by atoms with E-state index in [1.807, 2.05) is 120 Å². The molecule has 0 aliphatic carbocycles. The van der Waals surface area contributed by atoms with Gasteiger partial charge >= 0.3 is 5.97 Å². The van der Waals surface area contributed by atoms with Crippen LogP contribution >= 0.6 is 0 Å². The van der Waals surface area contributed by atoms with E-state index < -0.39 is 12.0 Å². The molecule has 4 aromatic carbocycles. The highest BCUT2D eigenvalue weighted by Gasteiger charge is 2.32. The average Bonchev–Trinajstić information content (AvgIpc) is 3.11. The van der Waals surface area contributed by atoms with Crippen LogP contribution in [0.3, 0.4) is 0 Å². The van der Waals surface area contributed by atoms with Crippen molar-refractivity contribution in [3.05, 3.63) is 163 Å². The summed E-state index contributed by atoms with van der Waals surface area (Å²) < 4.78 is 11.7. The van der Waals surface area contributed by atoms with E-state index in [1.165, 1.54) is 0 Å². The van der Waals surface area contributed by atoms with Gasteiger partial charge < -0.3 is 19.5 Å². The van der Waals surface area contributed by atoms with Crippen molar-refractivity contribution >= 4 is 11.9 Å². The Bertz CT molecular complexity index is 1520. The number of amides is 1. The minimum atomic E-state index is -0.540. The van der Waals surface area contributed by atoms with Crippen LogP contribution in [0.2, 0.25) is 0 Å². The predicted molar refractivity (Wildman–Crippen MR) is 187 cm³/mol. The highest BCUT2D eigenvalue weighted by molar-refractivity contribution is 5.80. The van der Waals surface area contributed by atoms with Crippen molar-refractivity contribution in [3.8, 4) is 5.75 Å². The number of allylic oxidation sites excluding steroid dienone is 2. The Hall–Kier alpha value is -4.94. The third-order valence-electron chi connectivity index (χ3n) is 8.10. The minimum Gasteiger partial charge on any atom is -0.491 e. The SMILES string of the molecule is C=CC[C@@H](Cc1ccccc1)C(=O)OC[C@H](c1ccccc1)N(Cc1ccc(OCCO)cc1)C(=O)[C@@H](CC=C)Cc1ccccc1. The lowest BCUT2D eigenvalue weighted by atomic mass is 9.93. The van der Waals surface area contributed by atoms with Gasteiger partial charge in [0, 0.05) is 12.5 Å². The van der Waals surface area contributed by atoms with Crippen molar-refractivity contribution in [1.29, 1.82) is 0 Å². The van der Waals surface area contributed by atoms with Gasteiger partial charge in [-0.15, -0.1) is 13.2 Å². The predicted octanol–water partition coefficient (Wildman–Crippen LogP) is 7.54. The summed E-state index contributed by atoms with van der Waals surface area (Å²) in [6.45, 7) is 8.24. The third-order valence-corrected chi connectivity index (χ3v) is 8.10. The molecule has 0 saturated heterocycles. The molecule has 1 N–H and O–H groups in total. The van der Waals surface area contributed by atoms with E-state index in [9.17, 15) is 9.59 Å². The van der Waals surface area contributed by atoms with E-state index in [0.29, 0.717) is 38.0 Å². The molecule has 0 heterocycles. The average molecular weight is 632 g/mol. The van der Waals surface area contributed by atoms with Crippen LogP contribution < -0.4 is 4.74 Å². The zero-order chi connectivity index (χ0) is 33.3. The van der Waals surface area contributed by atoms with Crippen molar-refractivity contribution in [2.45, 2.75) is 38.3 Å². The zero-order valence-electron chi connectivity index (χ0n) is 27.0. The van der Waals surface area contributed by atoms with Crippen molar-refractivity contribution in [3.63, 3.8) is 0 Å². The Morgan fingerprint density at radius 3 is 1.79 bits per heavy atom. The molecule has 0 radical (unpaired) electrons. The summed E-state index contributed by atoms with van der Waals surface area (Å²) in [5.41, 5.74) is 3.88. The number of hydrogen-bond donors (Lipinski definition) is 1. The van der Waals surface area contributed by atoms with E-state index >= 15 is 0 Å². The van der Waals surface area contributed by atoms with Crippen molar-refractivity contribution in [2.75, 3.05) is 19.8 Å². The molecule has 6 nitrogen and oxygen atoms in total. The van der Waals surface area contributed by atoms with E-state index in [2.05, 4.69) is 13.2 Å². The van der Waals surface area contributed by atoms with Gasteiger partial charge in [-0.2, -0.15) is 0 Å². The summed E-state index contributed by atoms with van der Waals surface area (Å²) in [5.74, 6) is -0.496. The molecule has 0 aliphatic rings. The molecular formula is C41H45NO5. The molecule has 0 unspecified atom stereocenters. The summed E-state index contributed by atoms with van der Waals surface area (Å²) >= 11 is 0. The van der Waals surface area contributed by atoms with Gasteiger partial charge in [-0.05, 0) is 60.1 Å². The molecule has 1 amide bonds. The molecular weight excluding hydrogens is 586 g/mol. The second kappa shape index (κ2) is 18.9. The van der Waals surface area contributed by atoms with Gasteiger partial charge in [0.15, 0.2) is 0 Å². The fourth-order valence-corrected chi connectivity index (χ4v) is 5.68. The van der Waals surface area contributed by atoms with Crippen LogP contribution in [0.1, 0.15) is 41.1 Å². The number of benzene rings is 4. The lowest BCUT2D eigenvalue weighted by Crippen LogP contribution is -2.41. The quantitative estimate of drug-likeness (QED) is 0.0855. The fourth-order valence-electron chi connectivity index (χ4n) is 5.68. The first kappa shape index (κ1) is 34.9. The number of ether oxygens (including phenoxy) is 2. The Labute approximate surface area is 279 Å². The van der Waals surface area contributed by atoms with Crippen molar-refractivity contribution < 1.29 is 24.2 Å². The largest absolute Gasteiger partial charge is 0.491 e. The van der Waals surface area contributed by atoms with Gasteiger partial charge in [0.25, 0.3) is 0 Å². The van der Waals surface area contributed by atoms with Gasteiger partial charge in [0.05, 0.1) is 18.6 Å². The lowest BCUT2D eigenvalue weighted by molar-refractivity contribution is -0.154. The second-order valence-corrected chi connectivity index (χ2v) is 11.6. The van der Waals surface area contributed by atoms with E-state index in [-0.39, 0.29) is 37.6 Å². The fraction of sp³-hybridized carbons (Fsp3) is 0.268. The summed E-state index contributed by atoms with van der Waals surface area (Å²) in [7, 11) is 0. The van der Waals surface area contributed by atoms with Gasteiger partial charge in [-0.25, -0.2) is 0 Å². The number of carbonyl (C=O) groups excluding carboxylic acids is 2. The van der Waals surface area contributed by atoms with Gasteiger partial charge in [0.2, 0.25) is 5.91 Å². The second-order valence-electron chi connectivity index (χ2n) is 11.6. The molecule has 0 saturated carbocycles. The third kappa shape index (κ3) is 10.8. The molecule has 3 atom stereocenters. The molecule has 6 heteroatoms. The Morgan fingerprint density at radius 2 is 1.23 bits per heavy atom. The number of esters is 1. The first-order valence-corrected chi connectivity index (χ1v) is 16.2. The monoisotopic (exact) mass is 631 g/mol. The molecule has 0 aromatic heterocycles. The van der Waals surface area contributed by atoms with E-state index in [1.54, 1.807) is 12.2 Å². The summed E-state index contributed by atoms with van der Waals surface area (Å²) in [4.78, 5) is 30.1. The standard InChI is InChI=1S/C41H45NO5/c1-3-14-36(28-32-16-8-5-9-17-32)40(44)42(30-34-22-24-38(25-23-34)46-27-26-43)39(35-20-12-7-13-21-35)31-47-41(45)37(15-4-2)29-33-18-10-6-11-19-33/h3-13,16-25,36-37,39,43H,1-2,14-15,26-31H2/t36-,37-,39+/m0/s1. The Morgan fingerprint density at radius 1 is 0.702 bits per heavy atom. The van der Waals surface area contributed by atoms with Crippen LogP contribution in [0, 0.1) is 11.8 Å². The number of aliphatic hydroxyl groups excluding tert-OH is 1.